The fraction of sp³-hybridized carbons (Fsp3) is 0.278. The maximum absolute atomic E-state index is 12.8. The number of aromatic nitrogens is 1. The van der Waals surface area contributed by atoms with Gasteiger partial charge in [0.2, 0.25) is 10.0 Å². The Morgan fingerprint density at radius 1 is 1.30 bits per heavy atom. The highest BCUT2D eigenvalue weighted by Crippen LogP contribution is 2.24. The van der Waals surface area contributed by atoms with E-state index in [1.54, 1.807) is 6.07 Å². The van der Waals surface area contributed by atoms with Crippen LogP contribution in [-0.2, 0) is 10.0 Å². The predicted octanol–water partition coefficient (Wildman–Crippen LogP) is 1.28. The molecule has 0 saturated carbocycles. The van der Waals surface area contributed by atoms with Crippen molar-refractivity contribution < 1.29 is 17.9 Å². The van der Waals surface area contributed by atoms with Crippen LogP contribution in [0, 0.1) is 11.3 Å². The molecule has 2 heterocycles. The van der Waals surface area contributed by atoms with Crippen LogP contribution in [0.25, 0.3) is 0 Å². The zero-order valence-corrected chi connectivity index (χ0v) is 15.2. The Morgan fingerprint density at radius 2 is 2.04 bits per heavy atom. The highest BCUT2D eigenvalue weighted by molar-refractivity contribution is 7.89. The number of carbonyl (C=O) groups is 1. The molecule has 0 bridgehead atoms. The lowest BCUT2D eigenvalue weighted by molar-refractivity contribution is 0.0993. The summed E-state index contributed by atoms with van der Waals surface area (Å²) in [5, 5.41) is 8.85. The summed E-state index contributed by atoms with van der Waals surface area (Å²) in [5.74, 6) is -0.240. The van der Waals surface area contributed by atoms with E-state index in [2.05, 4.69) is 4.98 Å². The first-order valence-electron chi connectivity index (χ1n) is 8.33. The summed E-state index contributed by atoms with van der Waals surface area (Å²) in [6.07, 6.45) is 2.40. The van der Waals surface area contributed by atoms with E-state index < -0.39 is 15.9 Å². The minimum absolute atomic E-state index is 0.0883. The van der Waals surface area contributed by atoms with Crippen molar-refractivity contribution >= 4 is 15.9 Å². The van der Waals surface area contributed by atoms with E-state index in [1.165, 1.54) is 40.8 Å². The van der Waals surface area contributed by atoms with Gasteiger partial charge in [0.25, 0.3) is 5.91 Å². The van der Waals surface area contributed by atoms with Gasteiger partial charge in [-0.15, -0.1) is 0 Å². The summed E-state index contributed by atoms with van der Waals surface area (Å²) in [6, 6.07) is 10.8. The highest BCUT2D eigenvalue weighted by atomic mass is 32.2. The fourth-order valence-corrected chi connectivity index (χ4v) is 4.39. The van der Waals surface area contributed by atoms with Crippen LogP contribution >= 0.6 is 0 Å². The maximum atomic E-state index is 12.8. The largest absolute Gasteiger partial charge is 0.489 e. The van der Waals surface area contributed by atoms with Gasteiger partial charge in [-0.05, 0) is 43.2 Å². The SMILES string of the molecule is N#Cc1ccc(S(=O)(=O)N2CCCC(Oc3ccnc(C(N)=O)c3)C2)cc1. The number of primary amides is 1. The number of hydrogen-bond acceptors (Lipinski definition) is 6. The van der Waals surface area contributed by atoms with Crippen LogP contribution in [0.2, 0.25) is 0 Å². The number of amides is 1. The van der Waals surface area contributed by atoms with Gasteiger partial charge in [0.1, 0.15) is 17.5 Å². The molecule has 1 aliphatic heterocycles. The molecule has 1 atom stereocenters. The molecular weight excluding hydrogens is 368 g/mol. The minimum Gasteiger partial charge on any atom is -0.489 e. The lowest BCUT2D eigenvalue weighted by atomic mass is 10.1. The average Bonchev–Trinajstić information content (AvgIpc) is 2.68. The smallest absolute Gasteiger partial charge is 0.267 e. The van der Waals surface area contributed by atoms with Crippen LogP contribution < -0.4 is 10.5 Å². The summed E-state index contributed by atoms with van der Waals surface area (Å²) >= 11 is 0. The quantitative estimate of drug-likeness (QED) is 0.825. The molecule has 1 unspecified atom stereocenters. The molecule has 2 aromatic rings. The number of ether oxygens (including phenoxy) is 1. The molecule has 1 aromatic heterocycles. The van der Waals surface area contributed by atoms with Crippen molar-refractivity contribution in [1.29, 1.82) is 5.26 Å². The number of nitrogens with zero attached hydrogens (tertiary/aromatic N) is 3. The third-order valence-corrected chi connectivity index (χ3v) is 6.13. The Labute approximate surface area is 157 Å². The molecule has 1 amide bonds. The van der Waals surface area contributed by atoms with Crippen LogP contribution in [0.1, 0.15) is 28.9 Å². The van der Waals surface area contributed by atoms with Crippen molar-refractivity contribution in [2.45, 2.75) is 23.8 Å². The number of nitrogens with two attached hydrogens (primary N) is 1. The third kappa shape index (κ3) is 4.24. The van der Waals surface area contributed by atoms with E-state index in [0.29, 0.717) is 30.7 Å². The molecule has 27 heavy (non-hydrogen) atoms. The van der Waals surface area contributed by atoms with Crippen molar-refractivity contribution in [3.05, 3.63) is 53.9 Å². The number of nitriles is 1. The molecule has 1 fully saturated rings. The second-order valence-corrected chi connectivity index (χ2v) is 8.06. The van der Waals surface area contributed by atoms with Gasteiger partial charge in [0.05, 0.1) is 23.1 Å². The summed E-state index contributed by atoms with van der Waals surface area (Å²) in [6.45, 7) is 0.585. The first kappa shape index (κ1) is 18.8. The average molecular weight is 386 g/mol. The van der Waals surface area contributed by atoms with Gasteiger partial charge >= 0.3 is 0 Å². The molecule has 9 heteroatoms. The normalized spacial score (nSPS) is 17.8. The summed E-state index contributed by atoms with van der Waals surface area (Å²) in [7, 11) is -3.68. The number of carbonyl (C=O) groups excluding carboxylic acids is 1. The zero-order chi connectivity index (χ0) is 19.4. The molecule has 140 valence electrons. The summed E-state index contributed by atoms with van der Waals surface area (Å²) < 4.78 is 32.9. The molecule has 1 aliphatic rings. The Kier molecular flexibility index (Phi) is 5.39. The Hall–Kier alpha value is -2.96. The molecule has 3 rings (SSSR count). The van der Waals surface area contributed by atoms with Gasteiger partial charge in [0, 0.05) is 18.8 Å². The van der Waals surface area contributed by atoms with Gasteiger partial charge in [-0.2, -0.15) is 9.57 Å². The summed E-state index contributed by atoms with van der Waals surface area (Å²) in [5.41, 5.74) is 5.70. The van der Waals surface area contributed by atoms with Crippen LogP contribution in [0.5, 0.6) is 5.75 Å². The summed E-state index contributed by atoms with van der Waals surface area (Å²) in [4.78, 5) is 15.2. The van der Waals surface area contributed by atoms with Gasteiger partial charge in [-0.1, -0.05) is 0 Å². The monoisotopic (exact) mass is 386 g/mol. The van der Waals surface area contributed by atoms with Crippen LogP contribution in [0.3, 0.4) is 0 Å². The Balaban J connectivity index is 1.74. The van der Waals surface area contributed by atoms with Crippen LogP contribution in [0.4, 0.5) is 0 Å². The second-order valence-electron chi connectivity index (χ2n) is 6.12. The van der Waals surface area contributed by atoms with E-state index in [0.717, 1.165) is 0 Å². The van der Waals surface area contributed by atoms with Crippen molar-refractivity contribution in [1.82, 2.24) is 9.29 Å². The van der Waals surface area contributed by atoms with E-state index >= 15 is 0 Å². The second kappa shape index (κ2) is 7.73. The number of hydrogen-bond donors (Lipinski definition) is 1. The predicted molar refractivity (Wildman–Crippen MR) is 96.3 cm³/mol. The highest BCUT2D eigenvalue weighted by Gasteiger charge is 2.31. The van der Waals surface area contributed by atoms with Gasteiger partial charge < -0.3 is 10.5 Å². The number of rotatable bonds is 5. The number of pyridine rings is 1. The lowest BCUT2D eigenvalue weighted by Crippen LogP contribution is -2.44. The Morgan fingerprint density at radius 3 is 2.70 bits per heavy atom. The first-order chi connectivity index (χ1) is 12.9. The number of sulfonamides is 1. The zero-order valence-electron chi connectivity index (χ0n) is 14.4. The molecular formula is C18H18N4O4S. The van der Waals surface area contributed by atoms with Crippen molar-refractivity contribution in [2.75, 3.05) is 13.1 Å². The number of piperidine rings is 1. The maximum Gasteiger partial charge on any atom is 0.267 e. The van der Waals surface area contributed by atoms with E-state index in [-0.39, 0.29) is 23.2 Å². The minimum atomic E-state index is -3.68. The van der Waals surface area contributed by atoms with Crippen molar-refractivity contribution in [3.63, 3.8) is 0 Å². The van der Waals surface area contributed by atoms with Crippen molar-refractivity contribution in [3.8, 4) is 11.8 Å². The Bertz CT molecular complexity index is 983. The molecule has 2 N–H and O–H groups in total. The standard InChI is InChI=1S/C18H18N4O4S/c19-11-13-3-5-16(6-4-13)27(24,25)22-9-1-2-15(12-22)26-14-7-8-21-17(10-14)18(20)23/h3-8,10,15H,1-2,9,12H2,(H2,20,23). The number of benzene rings is 1. The molecule has 0 radical (unpaired) electrons. The topological polar surface area (TPSA) is 126 Å². The first-order valence-corrected chi connectivity index (χ1v) is 9.77. The van der Waals surface area contributed by atoms with E-state index in [4.69, 9.17) is 15.7 Å². The third-order valence-electron chi connectivity index (χ3n) is 4.25. The molecule has 0 aliphatic carbocycles. The fourth-order valence-electron chi connectivity index (χ4n) is 2.88. The van der Waals surface area contributed by atoms with Gasteiger partial charge in [-0.3, -0.25) is 9.78 Å². The van der Waals surface area contributed by atoms with Gasteiger partial charge in [-0.25, -0.2) is 8.42 Å². The molecule has 1 saturated heterocycles. The molecule has 8 nitrogen and oxygen atoms in total. The van der Waals surface area contributed by atoms with E-state index in [9.17, 15) is 13.2 Å². The van der Waals surface area contributed by atoms with E-state index in [1.807, 2.05) is 6.07 Å². The molecule has 0 spiro atoms. The van der Waals surface area contributed by atoms with Crippen molar-refractivity contribution in [2.24, 2.45) is 5.73 Å². The van der Waals surface area contributed by atoms with Crippen LogP contribution in [0.15, 0.2) is 47.5 Å². The molecule has 1 aromatic carbocycles. The van der Waals surface area contributed by atoms with Gasteiger partial charge in [0.15, 0.2) is 0 Å². The van der Waals surface area contributed by atoms with Crippen LogP contribution in [-0.4, -0.2) is 42.8 Å². The lowest BCUT2D eigenvalue weighted by Gasteiger charge is -2.32.